The van der Waals surface area contributed by atoms with E-state index in [1.54, 1.807) is 39.0 Å². The number of rotatable bonds is 3. The van der Waals surface area contributed by atoms with E-state index in [0.717, 1.165) is 38.8 Å². The van der Waals surface area contributed by atoms with Crippen LogP contribution in [0.3, 0.4) is 0 Å². The molecule has 0 aliphatic rings. The Morgan fingerprint density at radius 2 is 1.51 bits per heavy atom. The highest BCUT2D eigenvalue weighted by molar-refractivity contribution is 5.96. The van der Waals surface area contributed by atoms with Crippen molar-refractivity contribution in [3.05, 3.63) is 101 Å². The van der Waals surface area contributed by atoms with Gasteiger partial charge in [0, 0.05) is 39.8 Å². The Balaban J connectivity index is 0.000000165. The highest BCUT2D eigenvalue weighted by Crippen LogP contribution is 2.33. The van der Waals surface area contributed by atoms with Gasteiger partial charge in [0.25, 0.3) is 5.69 Å². The zero-order chi connectivity index (χ0) is 34.6. The highest BCUT2D eigenvalue weighted by Gasteiger charge is 2.25. The quantitative estimate of drug-likeness (QED) is 0.0940. The molecule has 0 spiro atoms. The summed E-state index contributed by atoms with van der Waals surface area (Å²) in [4.78, 5) is 35.6. The summed E-state index contributed by atoms with van der Waals surface area (Å²) >= 11 is 0. The van der Waals surface area contributed by atoms with Crippen LogP contribution >= 0.6 is 0 Å². The van der Waals surface area contributed by atoms with Gasteiger partial charge in [-0.05, 0) is 94.4 Å². The number of hydrogen-bond donors (Lipinski definition) is 3. The first-order valence-electron chi connectivity index (χ1n) is 15.3. The lowest BCUT2D eigenvalue weighted by Gasteiger charge is -2.20. The Kier molecular flexibility index (Phi) is 7.31. The van der Waals surface area contributed by atoms with E-state index in [0.29, 0.717) is 39.5 Å². The molecule has 0 radical (unpaired) electrons. The smallest absolute Gasteiger partial charge is 0.419 e. The van der Waals surface area contributed by atoms with Gasteiger partial charge in [-0.15, -0.1) is 0 Å². The molecule has 8 rings (SSSR count). The van der Waals surface area contributed by atoms with Gasteiger partial charge in [-0.25, -0.2) is 19.3 Å². The lowest BCUT2D eigenvalue weighted by Crippen LogP contribution is -2.27. The number of carbonyl (C=O) groups excluding carboxylic acids is 1. The van der Waals surface area contributed by atoms with Gasteiger partial charge in [-0.3, -0.25) is 10.1 Å². The van der Waals surface area contributed by atoms with Crippen LogP contribution in [0.4, 0.5) is 21.9 Å². The monoisotopic (exact) mass is 657 g/mol. The van der Waals surface area contributed by atoms with E-state index in [4.69, 9.17) is 25.0 Å². The number of H-pyrrole nitrogens is 1. The summed E-state index contributed by atoms with van der Waals surface area (Å²) in [6.07, 6.45) is -0.556. The lowest BCUT2D eigenvalue weighted by molar-refractivity contribution is -0.384. The van der Waals surface area contributed by atoms with Crippen LogP contribution < -0.4 is 11.5 Å². The first-order valence-corrected chi connectivity index (χ1v) is 15.3. The number of nitrogens with zero attached hydrogens (tertiary/aromatic N) is 4. The van der Waals surface area contributed by atoms with E-state index in [1.165, 1.54) is 22.8 Å². The Morgan fingerprint density at radius 1 is 0.837 bits per heavy atom. The van der Waals surface area contributed by atoms with Crippen molar-refractivity contribution in [3.8, 4) is 23.2 Å². The molecule has 0 bridgehead atoms. The predicted molar refractivity (Wildman–Crippen MR) is 188 cm³/mol. The van der Waals surface area contributed by atoms with E-state index in [1.807, 2.05) is 55.5 Å². The molecule has 0 unspecified atom stereocenters. The number of carbonyl (C=O) groups is 1. The average molecular weight is 658 g/mol. The van der Waals surface area contributed by atoms with Crippen LogP contribution in [-0.2, 0) is 4.74 Å². The fourth-order valence-corrected chi connectivity index (χ4v) is 5.46. The average Bonchev–Trinajstić information content (AvgIpc) is 3.82. The molecule has 0 aliphatic carbocycles. The summed E-state index contributed by atoms with van der Waals surface area (Å²) in [5.74, 6) is 0.723. The van der Waals surface area contributed by atoms with Gasteiger partial charge in [-0.1, -0.05) is 11.6 Å². The minimum absolute atomic E-state index is 0.0827. The summed E-state index contributed by atoms with van der Waals surface area (Å²) < 4.78 is 18.5. The third-order valence-electron chi connectivity index (χ3n) is 7.62. The number of aromatic amines is 1. The van der Waals surface area contributed by atoms with Crippen molar-refractivity contribution in [2.45, 2.75) is 33.3 Å². The minimum atomic E-state index is -0.683. The fraction of sp³-hybridized carbons (Fsp3) is 0.139. The van der Waals surface area contributed by atoms with Crippen molar-refractivity contribution in [1.82, 2.24) is 19.5 Å². The first-order chi connectivity index (χ1) is 23.3. The highest BCUT2D eigenvalue weighted by atomic mass is 16.6. The number of nitro groups is 1. The number of non-ortho nitro benzene ring substituents is 1. The second-order valence-corrected chi connectivity index (χ2v) is 12.6. The molecule has 0 amide bonds. The lowest BCUT2D eigenvalue weighted by atomic mass is 10.2. The number of aryl methyl sites for hydroxylation is 1. The molecule has 8 aromatic rings. The Morgan fingerprint density at radius 3 is 2.27 bits per heavy atom. The normalized spacial score (nSPS) is 11.7. The number of oxazole rings is 2. The van der Waals surface area contributed by atoms with Crippen LogP contribution in [0.1, 0.15) is 26.3 Å². The number of nitro benzene ring substituents is 1. The van der Waals surface area contributed by atoms with Crippen molar-refractivity contribution in [3.63, 3.8) is 0 Å². The molecule has 49 heavy (non-hydrogen) atoms. The molecule has 0 atom stereocenters. The van der Waals surface area contributed by atoms with Crippen LogP contribution in [0, 0.1) is 17.0 Å². The summed E-state index contributed by atoms with van der Waals surface area (Å²) in [5, 5.41) is 12.9. The molecular formula is C36H31N7O6. The maximum atomic E-state index is 13.0. The molecule has 13 heteroatoms. The number of fused-ring (bicyclic) bond motifs is 4. The van der Waals surface area contributed by atoms with Crippen molar-refractivity contribution < 1.29 is 23.3 Å². The standard InChI is InChI=1S/C21H19N3O5.C15H12N4O/c1-12-5-7-16-13(9-12)10-17(23(16)20(25)29-21(2,3)4)19-22-15-11-14(24(26)27)6-8-18(15)28-19;16-9-1-3-11-8(5-9)6-13(18-11)15-19-12-7-10(17)2-4-14(12)20-15/h5-11H,1-4H3;1-7,18H,16-17H2. The van der Waals surface area contributed by atoms with Gasteiger partial charge < -0.3 is 30.0 Å². The summed E-state index contributed by atoms with van der Waals surface area (Å²) in [5.41, 5.74) is 18.3. The van der Waals surface area contributed by atoms with Gasteiger partial charge in [0.1, 0.15) is 28.0 Å². The van der Waals surface area contributed by atoms with Crippen LogP contribution in [0.15, 0.2) is 93.8 Å². The number of nitrogen functional groups attached to an aromatic ring is 2. The molecule has 0 fully saturated rings. The number of hydrogen-bond acceptors (Lipinski definition) is 10. The zero-order valence-electron chi connectivity index (χ0n) is 27.0. The third-order valence-corrected chi connectivity index (χ3v) is 7.62. The number of aromatic nitrogens is 4. The van der Waals surface area contributed by atoms with E-state index < -0.39 is 16.6 Å². The van der Waals surface area contributed by atoms with E-state index in [-0.39, 0.29) is 11.6 Å². The van der Waals surface area contributed by atoms with E-state index in [9.17, 15) is 14.9 Å². The number of anilines is 2. The topological polar surface area (TPSA) is 194 Å². The van der Waals surface area contributed by atoms with Crippen molar-refractivity contribution in [2.75, 3.05) is 11.5 Å². The largest absolute Gasteiger partial charge is 0.443 e. The summed E-state index contributed by atoms with van der Waals surface area (Å²) in [6.45, 7) is 7.33. The fourth-order valence-electron chi connectivity index (χ4n) is 5.46. The van der Waals surface area contributed by atoms with Crippen LogP contribution in [0.5, 0.6) is 0 Å². The molecule has 0 saturated carbocycles. The van der Waals surface area contributed by atoms with Crippen molar-refractivity contribution in [1.29, 1.82) is 0 Å². The predicted octanol–water partition coefficient (Wildman–Crippen LogP) is 8.59. The van der Waals surface area contributed by atoms with E-state index >= 15 is 0 Å². The summed E-state index contributed by atoms with van der Waals surface area (Å²) in [7, 11) is 0. The Hall–Kier alpha value is -6.63. The number of ether oxygens (including phenoxy) is 1. The molecule has 5 N–H and O–H groups in total. The van der Waals surface area contributed by atoms with Gasteiger partial charge in [0.15, 0.2) is 11.2 Å². The molecule has 246 valence electrons. The minimum Gasteiger partial charge on any atom is -0.443 e. The molecule has 4 aromatic heterocycles. The molecule has 0 aliphatic heterocycles. The van der Waals surface area contributed by atoms with Crippen LogP contribution in [-0.4, -0.2) is 36.1 Å². The SMILES string of the molecule is Cc1ccc2c(c1)cc(-c1nc3cc([N+](=O)[O-])ccc3o1)n2C(=O)OC(C)(C)C.Nc1ccc2[nH]c(-c3nc4cc(N)ccc4o3)cc2c1. The molecule has 4 aromatic carbocycles. The van der Waals surface area contributed by atoms with Gasteiger partial charge in [-0.2, -0.15) is 0 Å². The van der Waals surface area contributed by atoms with Gasteiger partial charge in [0.05, 0.1) is 10.4 Å². The van der Waals surface area contributed by atoms with Gasteiger partial charge >= 0.3 is 6.09 Å². The van der Waals surface area contributed by atoms with Crippen LogP contribution in [0.2, 0.25) is 0 Å². The molecule has 13 nitrogen and oxygen atoms in total. The first kappa shape index (κ1) is 31.0. The number of nitrogens with two attached hydrogens (primary N) is 2. The van der Waals surface area contributed by atoms with Crippen LogP contribution in [0.25, 0.3) is 67.2 Å². The van der Waals surface area contributed by atoms with E-state index in [2.05, 4.69) is 15.0 Å². The van der Waals surface area contributed by atoms with Crippen molar-refractivity contribution >= 4 is 67.2 Å². The number of benzene rings is 4. The Labute approximate surface area is 278 Å². The third kappa shape index (κ3) is 6.12. The maximum absolute atomic E-state index is 13.0. The number of nitrogens with one attached hydrogen (secondary N) is 1. The van der Waals surface area contributed by atoms with Crippen molar-refractivity contribution in [2.24, 2.45) is 0 Å². The second kappa shape index (κ2) is 11.6. The molecular weight excluding hydrogens is 626 g/mol. The zero-order valence-corrected chi connectivity index (χ0v) is 27.0. The van der Waals surface area contributed by atoms with Gasteiger partial charge in [0.2, 0.25) is 11.8 Å². The molecule has 4 heterocycles. The Bertz CT molecular complexity index is 2490. The summed E-state index contributed by atoms with van der Waals surface area (Å²) in [6, 6.07) is 24.8. The second-order valence-electron chi connectivity index (χ2n) is 12.6. The maximum Gasteiger partial charge on any atom is 0.419 e. The molecule has 0 saturated heterocycles.